The third-order valence-electron chi connectivity index (χ3n) is 1.66. The average Bonchev–Trinajstić information content (AvgIpc) is 2.09. The fraction of sp³-hybridized carbons (Fsp3) is 0.857. The molecule has 0 heterocycles. The van der Waals surface area contributed by atoms with Gasteiger partial charge in [-0.3, -0.25) is 4.90 Å². The lowest BCUT2D eigenvalue weighted by Gasteiger charge is -2.21. The topological polar surface area (TPSA) is 61.8 Å². The van der Waals surface area contributed by atoms with Crippen LogP contribution < -0.4 is 5.73 Å². The van der Waals surface area contributed by atoms with Crippen LogP contribution in [-0.2, 0) is 0 Å². The van der Waals surface area contributed by atoms with E-state index in [-0.39, 0.29) is 25.3 Å². The van der Waals surface area contributed by atoms with Crippen molar-refractivity contribution in [3.63, 3.8) is 0 Å². The Bertz CT molecular complexity index is 193. The molecule has 84 valence electrons. The summed E-state index contributed by atoms with van der Waals surface area (Å²) in [5, 5.41) is 10.9. The maximum atomic E-state index is 11.9. The number of hydrogen-bond acceptors (Lipinski definition) is 3. The third-order valence-corrected chi connectivity index (χ3v) is 1.66. The molecule has 7 heteroatoms. The molecule has 0 aromatic carbocycles. The Kier molecular flexibility index (Phi) is 5.29. The third kappa shape index (κ3) is 6.53. The number of oxime groups is 1. The van der Waals surface area contributed by atoms with Gasteiger partial charge >= 0.3 is 6.18 Å². The minimum absolute atomic E-state index is 0.0642. The SMILES string of the molecule is CCN(CCC(N)=NO)CC(F)(F)F. The second-order valence-electron chi connectivity index (χ2n) is 2.83. The van der Waals surface area contributed by atoms with E-state index in [1.807, 2.05) is 0 Å². The number of hydrogen-bond donors (Lipinski definition) is 2. The number of rotatable bonds is 5. The maximum absolute atomic E-state index is 11.9. The molecule has 0 fully saturated rings. The van der Waals surface area contributed by atoms with Gasteiger partial charge in [0.25, 0.3) is 0 Å². The highest BCUT2D eigenvalue weighted by molar-refractivity contribution is 5.79. The van der Waals surface area contributed by atoms with Crippen LogP contribution >= 0.6 is 0 Å². The number of amidine groups is 1. The Morgan fingerprint density at radius 3 is 2.43 bits per heavy atom. The molecular weight excluding hydrogens is 199 g/mol. The van der Waals surface area contributed by atoms with Crippen LogP contribution in [-0.4, -0.2) is 41.8 Å². The smallest absolute Gasteiger partial charge is 0.401 e. The first-order chi connectivity index (χ1) is 6.39. The zero-order valence-electron chi connectivity index (χ0n) is 7.88. The summed E-state index contributed by atoms with van der Waals surface area (Å²) in [4.78, 5) is 1.18. The van der Waals surface area contributed by atoms with Crippen molar-refractivity contribution < 1.29 is 18.4 Å². The van der Waals surface area contributed by atoms with Crippen LogP contribution in [0.2, 0.25) is 0 Å². The lowest BCUT2D eigenvalue weighted by atomic mass is 10.3. The largest absolute Gasteiger partial charge is 0.409 e. The van der Waals surface area contributed by atoms with Gasteiger partial charge in [-0.05, 0) is 6.54 Å². The molecule has 4 nitrogen and oxygen atoms in total. The van der Waals surface area contributed by atoms with Gasteiger partial charge in [0.1, 0.15) is 5.84 Å². The molecule has 0 rings (SSSR count). The summed E-state index contributed by atoms with van der Waals surface area (Å²) in [5.41, 5.74) is 5.13. The molecule has 14 heavy (non-hydrogen) atoms. The van der Waals surface area contributed by atoms with Crippen molar-refractivity contribution in [2.75, 3.05) is 19.6 Å². The van der Waals surface area contributed by atoms with E-state index < -0.39 is 12.7 Å². The molecule has 0 atom stereocenters. The molecule has 0 saturated heterocycles. The van der Waals surface area contributed by atoms with E-state index in [2.05, 4.69) is 5.16 Å². The van der Waals surface area contributed by atoms with E-state index in [1.165, 1.54) is 4.90 Å². The second kappa shape index (κ2) is 5.69. The van der Waals surface area contributed by atoms with Crippen LogP contribution in [0.5, 0.6) is 0 Å². The standard InChI is InChI=1S/C7H14F3N3O/c1-2-13(5-7(8,9)10)4-3-6(11)12-14/h14H,2-5H2,1H3,(H2,11,12). The van der Waals surface area contributed by atoms with E-state index in [9.17, 15) is 13.2 Å². The van der Waals surface area contributed by atoms with Gasteiger partial charge < -0.3 is 10.9 Å². The highest BCUT2D eigenvalue weighted by Crippen LogP contribution is 2.16. The highest BCUT2D eigenvalue weighted by atomic mass is 19.4. The number of nitrogens with two attached hydrogens (primary N) is 1. The first kappa shape index (κ1) is 13.0. The Morgan fingerprint density at radius 2 is 2.07 bits per heavy atom. The van der Waals surface area contributed by atoms with Gasteiger partial charge in [0.05, 0.1) is 6.54 Å². The van der Waals surface area contributed by atoms with Crippen LogP contribution in [0, 0.1) is 0 Å². The van der Waals surface area contributed by atoms with Crippen LogP contribution in [0.1, 0.15) is 13.3 Å². The van der Waals surface area contributed by atoms with Crippen molar-refractivity contribution >= 4 is 5.84 Å². The van der Waals surface area contributed by atoms with Gasteiger partial charge in [0.2, 0.25) is 0 Å². The summed E-state index contributed by atoms with van der Waals surface area (Å²) in [6.45, 7) is 1.06. The lowest BCUT2D eigenvalue weighted by molar-refractivity contribution is -0.145. The first-order valence-corrected chi connectivity index (χ1v) is 4.14. The monoisotopic (exact) mass is 213 g/mol. The van der Waals surface area contributed by atoms with Gasteiger partial charge in [0, 0.05) is 13.0 Å². The molecule has 0 unspecified atom stereocenters. The summed E-state index contributed by atoms with van der Waals surface area (Å²) in [7, 11) is 0. The molecule has 0 radical (unpaired) electrons. The summed E-state index contributed by atoms with van der Waals surface area (Å²) < 4.78 is 35.8. The first-order valence-electron chi connectivity index (χ1n) is 4.14. The van der Waals surface area contributed by atoms with Gasteiger partial charge in [-0.15, -0.1) is 0 Å². The second-order valence-corrected chi connectivity index (χ2v) is 2.83. The van der Waals surface area contributed by atoms with E-state index in [4.69, 9.17) is 10.9 Å². The van der Waals surface area contributed by atoms with Crippen molar-refractivity contribution in [3.8, 4) is 0 Å². The molecule has 0 aromatic heterocycles. The zero-order chi connectivity index (χ0) is 11.2. The fourth-order valence-corrected chi connectivity index (χ4v) is 0.925. The molecule has 0 aliphatic heterocycles. The Morgan fingerprint density at radius 1 is 1.50 bits per heavy atom. The summed E-state index contributed by atoms with van der Waals surface area (Å²) in [6.07, 6.45) is -4.08. The number of halogens is 3. The molecule has 0 bridgehead atoms. The lowest BCUT2D eigenvalue weighted by Crippen LogP contribution is -2.36. The Hall–Kier alpha value is -0.980. The average molecular weight is 213 g/mol. The van der Waals surface area contributed by atoms with Crippen LogP contribution in [0.15, 0.2) is 5.16 Å². The van der Waals surface area contributed by atoms with Gasteiger partial charge in [-0.25, -0.2) is 0 Å². The highest BCUT2D eigenvalue weighted by Gasteiger charge is 2.29. The van der Waals surface area contributed by atoms with Gasteiger partial charge in [0.15, 0.2) is 0 Å². The minimum Gasteiger partial charge on any atom is -0.409 e. The zero-order valence-corrected chi connectivity index (χ0v) is 7.88. The van der Waals surface area contributed by atoms with E-state index in [0.717, 1.165) is 0 Å². The van der Waals surface area contributed by atoms with Crippen molar-refractivity contribution in [2.24, 2.45) is 10.9 Å². The quantitative estimate of drug-likeness (QED) is 0.310. The number of nitrogens with zero attached hydrogens (tertiary/aromatic N) is 2. The van der Waals surface area contributed by atoms with Crippen molar-refractivity contribution in [3.05, 3.63) is 0 Å². The maximum Gasteiger partial charge on any atom is 0.401 e. The molecule has 0 aliphatic rings. The molecule has 0 aromatic rings. The Balaban J connectivity index is 3.92. The Labute approximate surface area is 80.2 Å². The van der Waals surface area contributed by atoms with Gasteiger partial charge in [-0.1, -0.05) is 12.1 Å². The molecule has 0 aliphatic carbocycles. The van der Waals surface area contributed by atoms with Gasteiger partial charge in [-0.2, -0.15) is 13.2 Å². The van der Waals surface area contributed by atoms with Crippen LogP contribution in [0.4, 0.5) is 13.2 Å². The molecule has 3 N–H and O–H groups in total. The van der Waals surface area contributed by atoms with E-state index in [0.29, 0.717) is 0 Å². The van der Waals surface area contributed by atoms with Crippen LogP contribution in [0.3, 0.4) is 0 Å². The van der Waals surface area contributed by atoms with E-state index >= 15 is 0 Å². The molecule has 0 saturated carbocycles. The van der Waals surface area contributed by atoms with Crippen molar-refractivity contribution in [1.29, 1.82) is 0 Å². The van der Waals surface area contributed by atoms with Crippen LogP contribution in [0.25, 0.3) is 0 Å². The van der Waals surface area contributed by atoms with E-state index in [1.54, 1.807) is 6.92 Å². The summed E-state index contributed by atoms with van der Waals surface area (Å²) >= 11 is 0. The normalized spacial score (nSPS) is 13.6. The minimum atomic E-state index is -4.21. The molecule has 0 amide bonds. The number of alkyl halides is 3. The molecular formula is C7H14F3N3O. The predicted molar refractivity (Wildman–Crippen MR) is 46.2 cm³/mol. The summed E-state index contributed by atoms with van der Waals surface area (Å²) in [6, 6.07) is 0. The fourth-order valence-electron chi connectivity index (χ4n) is 0.925. The molecule has 0 spiro atoms. The van der Waals surface area contributed by atoms with Crippen molar-refractivity contribution in [2.45, 2.75) is 19.5 Å². The van der Waals surface area contributed by atoms with Crippen molar-refractivity contribution in [1.82, 2.24) is 4.90 Å². The predicted octanol–water partition coefficient (Wildman–Crippen LogP) is 1.01. The summed E-state index contributed by atoms with van der Waals surface area (Å²) in [5.74, 6) is -0.0642.